The molecule has 0 saturated carbocycles. The number of rotatable bonds is 6. The van der Waals surface area contributed by atoms with E-state index in [0.29, 0.717) is 27.4 Å². The number of aromatic nitrogens is 4. The van der Waals surface area contributed by atoms with Gasteiger partial charge < -0.3 is 5.32 Å². The molecule has 0 bridgehead atoms. The van der Waals surface area contributed by atoms with Crippen molar-refractivity contribution in [1.29, 1.82) is 0 Å². The molecule has 1 N–H and O–H groups in total. The van der Waals surface area contributed by atoms with Crippen molar-refractivity contribution in [1.82, 2.24) is 19.5 Å². The van der Waals surface area contributed by atoms with Gasteiger partial charge in [-0.05, 0) is 31.2 Å². The number of hydrogen-bond donors (Lipinski definition) is 1. The Hall–Kier alpha value is -3.56. The molecule has 0 aliphatic carbocycles. The van der Waals surface area contributed by atoms with Gasteiger partial charge in [-0.1, -0.05) is 54.4 Å². The Kier molecular flexibility index (Phi) is 6.26. The highest BCUT2D eigenvalue weighted by molar-refractivity contribution is 6.35. The van der Waals surface area contributed by atoms with E-state index in [0.717, 1.165) is 6.33 Å². The minimum Gasteiger partial charge on any atom is -0.361 e. The summed E-state index contributed by atoms with van der Waals surface area (Å²) in [4.78, 5) is 36.8. The van der Waals surface area contributed by atoms with E-state index in [1.807, 2.05) is 32.0 Å². The van der Waals surface area contributed by atoms with Crippen molar-refractivity contribution in [3.63, 3.8) is 0 Å². The van der Waals surface area contributed by atoms with Gasteiger partial charge in [-0.3, -0.25) is 19.5 Å². The largest absolute Gasteiger partial charge is 0.361 e. The van der Waals surface area contributed by atoms with Gasteiger partial charge in [-0.25, -0.2) is 15.0 Å². The maximum absolute atomic E-state index is 13.5. The van der Waals surface area contributed by atoms with Gasteiger partial charge in [0, 0.05) is 12.0 Å². The molecule has 0 radical (unpaired) electrons. The predicted octanol–water partition coefficient (Wildman–Crippen LogP) is 4.99. The molecule has 11 heteroatoms. The van der Waals surface area contributed by atoms with E-state index in [9.17, 15) is 14.9 Å². The van der Waals surface area contributed by atoms with Gasteiger partial charge in [-0.15, -0.1) is 0 Å². The van der Waals surface area contributed by atoms with Crippen LogP contribution in [0.25, 0.3) is 16.6 Å². The number of halogens is 2. The van der Waals surface area contributed by atoms with Crippen LogP contribution in [0.3, 0.4) is 0 Å². The van der Waals surface area contributed by atoms with Gasteiger partial charge >= 0.3 is 5.69 Å². The maximum Gasteiger partial charge on any atom is 0.348 e. The SMILES string of the molecule is C[C@H](Nc1ncnc(Cl)c1[N+](=O)[O-])[C@H](C)c1nc2cccc(Cl)c2c(=O)n1-c1ccccc1. The highest BCUT2D eigenvalue weighted by Gasteiger charge is 2.27. The Morgan fingerprint density at radius 1 is 1.06 bits per heavy atom. The lowest BCUT2D eigenvalue weighted by Crippen LogP contribution is -2.31. The summed E-state index contributed by atoms with van der Waals surface area (Å²) in [7, 11) is 0. The zero-order valence-electron chi connectivity index (χ0n) is 17.6. The highest BCUT2D eigenvalue weighted by Crippen LogP contribution is 2.31. The topological polar surface area (TPSA) is 116 Å². The van der Waals surface area contributed by atoms with E-state index in [-0.39, 0.29) is 22.4 Å². The van der Waals surface area contributed by atoms with E-state index in [1.54, 1.807) is 30.3 Å². The van der Waals surface area contributed by atoms with Crippen molar-refractivity contribution in [3.8, 4) is 5.69 Å². The normalized spacial score (nSPS) is 13.0. The Morgan fingerprint density at radius 2 is 1.79 bits per heavy atom. The minimum absolute atomic E-state index is 0.0169. The number of hydrogen-bond acceptors (Lipinski definition) is 7. The molecule has 2 atom stereocenters. The molecule has 2 aromatic heterocycles. The number of nitrogens with zero attached hydrogens (tertiary/aromatic N) is 5. The van der Waals surface area contributed by atoms with Crippen LogP contribution in [0.1, 0.15) is 25.6 Å². The molecule has 0 unspecified atom stereocenters. The molecule has 168 valence electrons. The number of benzene rings is 2. The second-order valence-electron chi connectivity index (χ2n) is 7.42. The van der Waals surface area contributed by atoms with Gasteiger partial charge in [0.2, 0.25) is 11.0 Å². The maximum atomic E-state index is 13.5. The smallest absolute Gasteiger partial charge is 0.348 e. The molecular weight excluding hydrogens is 467 g/mol. The van der Waals surface area contributed by atoms with Gasteiger partial charge in [0.05, 0.1) is 26.5 Å². The second-order valence-corrected chi connectivity index (χ2v) is 8.19. The number of nitrogens with one attached hydrogen (secondary N) is 1. The quantitative estimate of drug-likeness (QED) is 0.232. The number of fused-ring (bicyclic) bond motifs is 1. The van der Waals surface area contributed by atoms with Crippen LogP contribution in [0.5, 0.6) is 0 Å². The van der Waals surface area contributed by atoms with Crippen molar-refractivity contribution in [2.45, 2.75) is 25.8 Å². The molecule has 4 aromatic rings. The Labute approximate surface area is 198 Å². The zero-order valence-corrected chi connectivity index (χ0v) is 19.1. The third-order valence-electron chi connectivity index (χ3n) is 5.37. The minimum atomic E-state index is -0.641. The van der Waals surface area contributed by atoms with Crippen LogP contribution in [0.2, 0.25) is 10.2 Å². The molecule has 0 aliphatic rings. The Balaban J connectivity index is 1.85. The second kappa shape index (κ2) is 9.13. The third kappa shape index (κ3) is 4.24. The van der Waals surface area contributed by atoms with E-state index in [2.05, 4.69) is 15.3 Å². The van der Waals surface area contributed by atoms with Gasteiger partial charge in [-0.2, -0.15) is 0 Å². The third-order valence-corrected chi connectivity index (χ3v) is 5.96. The van der Waals surface area contributed by atoms with E-state index < -0.39 is 16.7 Å². The molecule has 0 aliphatic heterocycles. The summed E-state index contributed by atoms with van der Waals surface area (Å²) in [5.41, 5.74) is 0.366. The van der Waals surface area contributed by atoms with Gasteiger partial charge in [0.1, 0.15) is 12.2 Å². The van der Waals surface area contributed by atoms with E-state index >= 15 is 0 Å². The fourth-order valence-corrected chi connectivity index (χ4v) is 3.98. The molecular formula is C22H18Cl2N6O3. The Bertz CT molecular complexity index is 1410. The molecule has 2 aromatic carbocycles. The van der Waals surface area contributed by atoms with Gasteiger partial charge in [0.15, 0.2) is 0 Å². The molecule has 9 nitrogen and oxygen atoms in total. The van der Waals surface area contributed by atoms with Gasteiger partial charge in [0.25, 0.3) is 5.56 Å². The molecule has 0 fully saturated rings. The molecule has 4 rings (SSSR count). The van der Waals surface area contributed by atoms with Crippen molar-refractivity contribution >= 4 is 45.6 Å². The number of anilines is 1. The molecule has 33 heavy (non-hydrogen) atoms. The first kappa shape index (κ1) is 22.6. The van der Waals surface area contributed by atoms with E-state index in [1.165, 1.54) is 4.57 Å². The van der Waals surface area contributed by atoms with Crippen LogP contribution in [-0.4, -0.2) is 30.5 Å². The van der Waals surface area contributed by atoms with Crippen LogP contribution in [-0.2, 0) is 0 Å². The van der Waals surface area contributed by atoms with Crippen LogP contribution < -0.4 is 10.9 Å². The van der Waals surface area contributed by atoms with Crippen molar-refractivity contribution in [2.24, 2.45) is 0 Å². The Morgan fingerprint density at radius 3 is 2.48 bits per heavy atom. The lowest BCUT2D eigenvalue weighted by molar-refractivity contribution is -0.384. The van der Waals surface area contributed by atoms with Crippen molar-refractivity contribution < 1.29 is 4.92 Å². The number of para-hydroxylation sites is 1. The lowest BCUT2D eigenvalue weighted by Gasteiger charge is -2.24. The lowest BCUT2D eigenvalue weighted by atomic mass is 10.0. The van der Waals surface area contributed by atoms with Crippen molar-refractivity contribution in [3.05, 3.63) is 91.3 Å². The average molecular weight is 485 g/mol. The first-order chi connectivity index (χ1) is 15.8. The molecule has 2 heterocycles. The average Bonchev–Trinajstić information content (AvgIpc) is 2.78. The zero-order chi connectivity index (χ0) is 23.7. The van der Waals surface area contributed by atoms with Crippen LogP contribution >= 0.6 is 23.2 Å². The van der Waals surface area contributed by atoms with Crippen molar-refractivity contribution in [2.75, 3.05) is 5.32 Å². The monoisotopic (exact) mass is 484 g/mol. The summed E-state index contributed by atoms with van der Waals surface area (Å²) >= 11 is 12.2. The fraction of sp³-hybridized carbons (Fsp3) is 0.182. The first-order valence-corrected chi connectivity index (χ1v) is 10.7. The first-order valence-electron chi connectivity index (χ1n) is 9.97. The highest BCUT2D eigenvalue weighted by atomic mass is 35.5. The fourth-order valence-electron chi connectivity index (χ4n) is 3.53. The molecule has 0 spiro atoms. The summed E-state index contributed by atoms with van der Waals surface area (Å²) < 4.78 is 1.51. The predicted molar refractivity (Wildman–Crippen MR) is 128 cm³/mol. The number of nitro groups is 1. The summed E-state index contributed by atoms with van der Waals surface area (Å²) in [6.45, 7) is 3.68. The molecule has 0 saturated heterocycles. The summed E-state index contributed by atoms with van der Waals surface area (Å²) in [5.74, 6) is 0.0650. The summed E-state index contributed by atoms with van der Waals surface area (Å²) in [5, 5.41) is 14.8. The standard InChI is InChI=1S/C22H18Cl2N6O3/c1-12(13(2)27-20-18(30(32)33)19(24)25-11-26-20)21-28-16-10-6-9-15(23)17(16)22(31)29(21)14-7-4-3-5-8-14/h3-13H,1-2H3,(H,25,26,27)/t12-,13-/m0/s1. The van der Waals surface area contributed by atoms with Crippen LogP contribution in [0, 0.1) is 10.1 Å². The van der Waals surface area contributed by atoms with E-state index in [4.69, 9.17) is 28.2 Å². The molecule has 0 amide bonds. The summed E-state index contributed by atoms with van der Waals surface area (Å²) in [6, 6.07) is 13.8. The van der Waals surface area contributed by atoms with Crippen LogP contribution in [0.4, 0.5) is 11.5 Å². The summed E-state index contributed by atoms with van der Waals surface area (Å²) in [6.07, 6.45) is 1.14. The van der Waals surface area contributed by atoms with Crippen LogP contribution in [0.15, 0.2) is 59.7 Å².